The van der Waals surface area contributed by atoms with Crippen molar-refractivity contribution in [2.24, 2.45) is 0 Å². The Labute approximate surface area is 126 Å². The van der Waals surface area contributed by atoms with Crippen LogP contribution >= 0.6 is 23.2 Å². The number of aliphatic hydroxyl groups excluding tert-OH is 1. The average molecular weight is 315 g/mol. The summed E-state index contributed by atoms with van der Waals surface area (Å²) in [4.78, 5) is 0. The minimum atomic E-state index is -1.00. The minimum Gasteiger partial charge on any atom is -0.496 e. The van der Waals surface area contributed by atoms with Gasteiger partial charge in [-0.15, -0.1) is 0 Å². The van der Waals surface area contributed by atoms with Gasteiger partial charge in [0.2, 0.25) is 0 Å². The van der Waals surface area contributed by atoms with Crippen LogP contribution in [-0.4, -0.2) is 12.2 Å². The molecule has 2 rings (SSSR count). The zero-order chi connectivity index (χ0) is 14.7. The average Bonchev–Trinajstić information content (AvgIpc) is 2.38. The van der Waals surface area contributed by atoms with Gasteiger partial charge in [0, 0.05) is 22.0 Å². The fourth-order valence-electron chi connectivity index (χ4n) is 2.00. The summed E-state index contributed by atoms with van der Waals surface area (Å²) in [6, 6.07) is 9.28. The van der Waals surface area contributed by atoms with Crippen LogP contribution in [0.25, 0.3) is 0 Å². The first-order valence-corrected chi connectivity index (χ1v) is 6.72. The third-order valence-corrected chi connectivity index (χ3v) is 3.45. The van der Waals surface area contributed by atoms with E-state index in [2.05, 4.69) is 0 Å². The smallest absolute Gasteiger partial charge is 0.130 e. The molecule has 5 heteroatoms. The fourth-order valence-corrected chi connectivity index (χ4v) is 2.35. The van der Waals surface area contributed by atoms with Crippen molar-refractivity contribution in [3.63, 3.8) is 0 Å². The van der Waals surface area contributed by atoms with E-state index >= 15 is 0 Å². The van der Waals surface area contributed by atoms with Crippen molar-refractivity contribution < 1.29 is 14.2 Å². The largest absolute Gasteiger partial charge is 0.496 e. The second-order valence-electron chi connectivity index (χ2n) is 4.34. The molecule has 0 radical (unpaired) electrons. The number of ether oxygens (including phenoxy) is 1. The van der Waals surface area contributed by atoms with Crippen LogP contribution in [0.1, 0.15) is 17.2 Å². The number of methoxy groups -OCH3 is 1. The molecule has 0 aromatic heterocycles. The lowest BCUT2D eigenvalue weighted by molar-refractivity contribution is 0.172. The van der Waals surface area contributed by atoms with Crippen molar-refractivity contribution in [1.29, 1.82) is 0 Å². The Bertz CT molecular complexity index is 617. The summed E-state index contributed by atoms with van der Waals surface area (Å²) in [6.07, 6.45) is -0.804. The van der Waals surface area contributed by atoms with E-state index in [-0.39, 0.29) is 12.0 Å². The fraction of sp³-hybridized carbons (Fsp3) is 0.200. The molecule has 0 spiro atoms. The number of hydrogen-bond acceptors (Lipinski definition) is 2. The van der Waals surface area contributed by atoms with E-state index in [9.17, 15) is 9.50 Å². The third-order valence-electron chi connectivity index (χ3n) is 2.98. The van der Waals surface area contributed by atoms with Gasteiger partial charge in [-0.3, -0.25) is 0 Å². The molecule has 2 aromatic carbocycles. The van der Waals surface area contributed by atoms with Crippen LogP contribution in [0.2, 0.25) is 10.0 Å². The van der Waals surface area contributed by atoms with E-state index in [0.29, 0.717) is 21.4 Å². The van der Waals surface area contributed by atoms with Gasteiger partial charge in [-0.05, 0) is 35.9 Å². The van der Waals surface area contributed by atoms with Crippen LogP contribution in [0.5, 0.6) is 5.75 Å². The van der Waals surface area contributed by atoms with Gasteiger partial charge in [-0.1, -0.05) is 29.3 Å². The maximum atomic E-state index is 13.8. The van der Waals surface area contributed by atoms with Crippen molar-refractivity contribution in [3.8, 4) is 5.75 Å². The Hall–Kier alpha value is -1.29. The number of hydrogen-bond donors (Lipinski definition) is 1. The third kappa shape index (κ3) is 3.42. The van der Waals surface area contributed by atoms with Crippen LogP contribution in [0.4, 0.5) is 4.39 Å². The normalized spacial score (nSPS) is 12.2. The second kappa shape index (κ2) is 6.44. The first-order valence-electron chi connectivity index (χ1n) is 5.96. The molecule has 0 amide bonds. The molecule has 0 aliphatic carbocycles. The topological polar surface area (TPSA) is 29.5 Å². The number of rotatable bonds is 4. The highest BCUT2D eigenvalue weighted by Crippen LogP contribution is 2.29. The summed E-state index contributed by atoms with van der Waals surface area (Å²) in [5, 5.41) is 11.0. The highest BCUT2D eigenvalue weighted by atomic mass is 35.5. The van der Waals surface area contributed by atoms with Gasteiger partial charge in [-0.2, -0.15) is 0 Å². The van der Waals surface area contributed by atoms with Gasteiger partial charge in [0.05, 0.1) is 13.2 Å². The van der Waals surface area contributed by atoms with Gasteiger partial charge >= 0.3 is 0 Å². The van der Waals surface area contributed by atoms with E-state index in [1.165, 1.54) is 19.2 Å². The van der Waals surface area contributed by atoms with E-state index < -0.39 is 11.9 Å². The summed E-state index contributed by atoms with van der Waals surface area (Å²) in [6.45, 7) is 0. The number of benzene rings is 2. The van der Waals surface area contributed by atoms with Crippen molar-refractivity contribution in [3.05, 3.63) is 63.4 Å². The Morgan fingerprint density at radius 3 is 2.45 bits per heavy atom. The van der Waals surface area contributed by atoms with Crippen LogP contribution in [-0.2, 0) is 6.42 Å². The highest BCUT2D eigenvalue weighted by Gasteiger charge is 2.16. The van der Waals surface area contributed by atoms with Gasteiger partial charge in [-0.25, -0.2) is 4.39 Å². The van der Waals surface area contributed by atoms with E-state index in [1.54, 1.807) is 24.3 Å². The predicted octanol–water partition coefficient (Wildman–Crippen LogP) is 4.42. The molecule has 0 aliphatic heterocycles. The van der Waals surface area contributed by atoms with Crippen molar-refractivity contribution in [1.82, 2.24) is 0 Å². The van der Waals surface area contributed by atoms with Crippen LogP contribution in [0, 0.1) is 5.82 Å². The molecule has 1 N–H and O–H groups in total. The molecular weight excluding hydrogens is 302 g/mol. The molecule has 0 fully saturated rings. The molecule has 2 nitrogen and oxygen atoms in total. The minimum absolute atomic E-state index is 0.191. The SMILES string of the molecule is COc1ccc(Cl)cc1CC(O)c1ccc(Cl)cc1F. The molecule has 0 saturated heterocycles. The molecule has 1 atom stereocenters. The molecule has 2 aromatic rings. The lowest BCUT2D eigenvalue weighted by Crippen LogP contribution is -2.05. The number of aliphatic hydroxyl groups is 1. The zero-order valence-corrected chi connectivity index (χ0v) is 12.2. The summed E-state index contributed by atoms with van der Waals surface area (Å²) < 4.78 is 19.0. The Balaban J connectivity index is 2.27. The molecular formula is C15H13Cl2FO2. The van der Waals surface area contributed by atoms with Gasteiger partial charge in [0.1, 0.15) is 11.6 Å². The second-order valence-corrected chi connectivity index (χ2v) is 5.21. The summed E-state index contributed by atoms with van der Waals surface area (Å²) >= 11 is 11.6. The predicted molar refractivity (Wildman–Crippen MR) is 78.1 cm³/mol. The quantitative estimate of drug-likeness (QED) is 0.905. The molecule has 0 saturated carbocycles. The molecule has 106 valence electrons. The molecule has 20 heavy (non-hydrogen) atoms. The highest BCUT2D eigenvalue weighted by molar-refractivity contribution is 6.30. The standard InChI is InChI=1S/C15H13Cl2FO2/c1-20-15-5-3-10(16)6-9(15)7-14(19)12-4-2-11(17)8-13(12)18/h2-6,8,14,19H,7H2,1H3. The molecule has 0 aliphatic rings. The maximum Gasteiger partial charge on any atom is 0.130 e. The summed E-state index contributed by atoms with van der Waals surface area (Å²) in [7, 11) is 1.53. The Kier molecular flexibility index (Phi) is 4.86. The van der Waals surface area contributed by atoms with Crippen LogP contribution in [0.15, 0.2) is 36.4 Å². The number of halogens is 3. The summed E-state index contributed by atoms with van der Waals surface area (Å²) in [5.74, 6) is 0.0637. The molecule has 1 unspecified atom stereocenters. The monoisotopic (exact) mass is 314 g/mol. The lowest BCUT2D eigenvalue weighted by atomic mass is 10.0. The van der Waals surface area contributed by atoms with Gasteiger partial charge in [0.25, 0.3) is 0 Å². The Morgan fingerprint density at radius 1 is 1.15 bits per heavy atom. The van der Waals surface area contributed by atoms with E-state index in [4.69, 9.17) is 27.9 Å². The molecule has 0 bridgehead atoms. The van der Waals surface area contributed by atoms with Gasteiger partial charge in [0.15, 0.2) is 0 Å². The first-order chi connectivity index (χ1) is 9.51. The summed E-state index contributed by atoms with van der Waals surface area (Å²) in [5.41, 5.74) is 0.901. The van der Waals surface area contributed by atoms with Crippen molar-refractivity contribution in [2.75, 3.05) is 7.11 Å². The zero-order valence-electron chi connectivity index (χ0n) is 10.7. The molecule has 0 heterocycles. The van der Waals surface area contributed by atoms with Gasteiger partial charge < -0.3 is 9.84 Å². The lowest BCUT2D eigenvalue weighted by Gasteiger charge is -2.15. The van der Waals surface area contributed by atoms with E-state index in [1.807, 2.05) is 0 Å². The maximum absolute atomic E-state index is 13.8. The van der Waals surface area contributed by atoms with Crippen molar-refractivity contribution in [2.45, 2.75) is 12.5 Å². The van der Waals surface area contributed by atoms with Crippen LogP contribution < -0.4 is 4.74 Å². The van der Waals surface area contributed by atoms with Crippen molar-refractivity contribution >= 4 is 23.2 Å². The van der Waals surface area contributed by atoms with E-state index in [0.717, 1.165) is 0 Å². The van der Waals surface area contributed by atoms with Crippen LogP contribution in [0.3, 0.4) is 0 Å². The first kappa shape index (κ1) is 15.1. The Morgan fingerprint density at radius 2 is 1.80 bits per heavy atom.